The molecule has 10 heavy (non-hydrogen) atoms. The number of hydrogen-bond acceptors (Lipinski definition) is 2. The maximum atomic E-state index is 11.1. The van der Waals surface area contributed by atoms with Crippen molar-refractivity contribution in [2.24, 2.45) is 4.99 Å². The molecule has 1 aliphatic carbocycles. The maximum absolute atomic E-state index is 11.1. The minimum absolute atomic E-state index is 0.851. The first kappa shape index (κ1) is 6.28. The fourth-order valence-corrected chi connectivity index (χ4v) is 2.47. The summed E-state index contributed by atoms with van der Waals surface area (Å²) >= 11 is 0. The van der Waals surface area contributed by atoms with Crippen LogP contribution in [0.15, 0.2) is 15.6 Å². The summed E-state index contributed by atoms with van der Waals surface area (Å²) in [5.41, 5.74) is 2.67. The van der Waals surface area contributed by atoms with Gasteiger partial charge in [0, 0.05) is 4.91 Å². The van der Waals surface area contributed by atoms with Gasteiger partial charge in [-0.05, 0) is 25.7 Å². The Morgan fingerprint density at radius 3 is 3.00 bits per heavy atom. The molecule has 1 atom stereocenters. The zero-order valence-electron chi connectivity index (χ0n) is 5.67. The molecular formula is C7H9NOS. The lowest BCUT2D eigenvalue weighted by Crippen LogP contribution is -1.97. The van der Waals surface area contributed by atoms with Crippen LogP contribution in [0.4, 0.5) is 0 Å². The summed E-state index contributed by atoms with van der Waals surface area (Å²) in [4.78, 5) is 5.18. The minimum atomic E-state index is -0.851. The molecular weight excluding hydrogens is 146 g/mol. The number of aliphatic imine (C=N–C) groups is 1. The largest absolute Gasteiger partial charge is 0.251 e. The predicted octanol–water partition coefficient (Wildman–Crippen LogP) is 1.56. The van der Waals surface area contributed by atoms with Crippen molar-refractivity contribution in [1.82, 2.24) is 0 Å². The first-order valence-electron chi connectivity index (χ1n) is 3.55. The number of nitrogens with zero attached hydrogens (tertiary/aromatic N) is 1. The maximum Gasteiger partial charge on any atom is 0.0959 e. The predicted molar refractivity (Wildman–Crippen MR) is 42.1 cm³/mol. The zero-order chi connectivity index (χ0) is 6.97. The van der Waals surface area contributed by atoms with Crippen LogP contribution in [0.25, 0.3) is 0 Å². The summed E-state index contributed by atoms with van der Waals surface area (Å²) in [5, 5.41) is 0. The average Bonchev–Trinajstić information content (AvgIpc) is 2.34. The Balaban J connectivity index is 2.36. The van der Waals surface area contributed by atoms with Gasteiger partial charge in [-0.3, -0.25) is 4.99 Å². The Morgan fingerprint density at radius 2 is 2.20 bits per heavy atom. The molecule has 2 rings (SSSR count). The van der Waals surface area contributed by atoms with E-state index in [4.69, 9.17) is 0 Å². The van der Waals surface area contributed by atoms with Crippen LogP contribution >= 0.6 is 0 Å². The summed E-state index contributed by atoms with van der Waals surface area (Å²) in [6, 6.07) is 0. The summed E-state index contributed by atoms with van der Waals surface area (Å²) in [5.74, 6) is 0. The molecule has 0 aromatic carbocycles. The van der Waals surface area contributed by atoms with E-state index in [0.29, 0.717) is 0 Å². The Bertz CT molecular complexity index is 234. The van der Waals surface area contributed by atoms with Gasteiger partial charge in [-0.1, -0.05) is 0 Å². The molecule has 0 aromatic rings. The van der Waals surface area contributed by atoms with Crippen LogP contribution < -0.4 is 0 Å². The average molecular weight is 155 g/mol. The van der Waals surface area contributed by atoms with Crippen LogP contribution in [0, 0.1) is 0 Å². The van der Waals surface area contributed by atoms with E-state index in [0.717, 1.165) is 23.4 Å². The highest BCUT2D eigenvalue weighted by Crippen LogP contribution is 2.30. The van der Waals surface area contributed by atoms with Gasteiger partial charge in [-0.25, -0.2) is 4.21 Å². The van der Waals surface area contributed by atoms with E-state index in [2.05, 4.69) is 4.99 Å². The third kappa shape index (κ3) is 0.850. The SMILES string of the molecule is O=S1C=NC2=C1CCCC2. The molecule has 0 aromatic heterocycles. The van der Waals surface area contributed by atoms with E-state index in [9.17, 15) is 4.21 Å². The van der Waals surface area contributed by atoms with Gasteiger partial charge in [-0.15, -0.1) is 0 Å². The van der Waals surface area contributed by atoms with Crippen LogP contribution in [-0.4, -0.2) is 9.76 Å². The van der Waals surface area contributed by atoms with E-state index in [1.54, 1.807) is 5.55 Å². The quantitative estimate of drug-likeness (QED) is 0.522. The smallest absolute Gasteiger partial charge is 0.0959 e. The third-order valence-corrected chi connectivity index (χ3v) is 3.16. The van der Waals surface area contributed by atoms with Gasteiger partial charge in [0.25, 0.3) is 0 Å². The topological polar surface area (TPSA) is 29.4 Å². The van der Waals surface area contributed by atoms with Crippen LogP contribution in [0.2, 0.25) is 0 Å². The van der Waals surface area contributed by atoms with Crippen LogP contribution in [-0.2, 0) is 10.8 Å². The van der Waals surface area contributed by atoms with Crippen LogP contribution in [0.3, 0.4) is 0 Å². The number of allylic oxidation sites excluding steroid dienone is 2. The molecule has 1 aliphatic heterocycles. The Kier molecular flexibility index (Phi) is 1.45. The van der Waals surface area contributed by atoms with Crippen molar-refractivity contribution in [1.29, 1.82) is 0 Å². The Labute approximate surface area is 62.5 Å². The second-order valence-corrected chi connectivity index (χ2v) is 3.91. The lowest BCUT2D eigenvalue weighted by atomic mass is 10.1. The van der Waals surface area contributed by atoms with E-state index in [-0.39, 0.29) is 0 Å². The van der Waals surface area contributed by atoms with Gasteiger partial charge in [0.05, 0.1) is 22.0 Å². The van der Waals surface area contributed by atoms with E-state index >= 15 is 0 Å². The highest BCUT2D eigenvalue weighted by molar-refractivity contribution is 8.02. The Morgan fingerprint density at radius 1 is 1.40 bits per heavy atom. The molecule has 0 fully saturated rings. The molecule has 0 saturated carbocycles. The summed E-state index contributed by atoms with van der Waals surface area (Å²) in [7, 11) is -0.851. The highest BCUT2D eigenvalue weighted by atomic mass is 32.2. The molecule has 0 radical (unpaired) electrons. The van der Waals surface area contributed by atoms with Crippen molar-refractivity contribution in [3.63, 3.8) is 0 Å². The number of rotatable bonds is 0. The number of hydrogen-bond donors (Lipinski definition) is 0. The zero-order valence-corrected chi connectivity index (χ0v) is 6.49. The van der Waals surface area contributed by atoms with Gasteiger partial charge in [0.1, 0.15) is 0 Å². The molecule has 1 heterocycles. The van der Waals surface area contributed by atoms with Crippen molar-refractivity contribution >= 4 is 16.3 Å². The molecule has 2 nitrogen and oxygen atoms in total. The van der Waals surface area contributed by atoms with Gasteiger partial charge in [0.2, 0.25) is 0 Å². The molecule has 2 aliphatic rings. The van der Waals surface area contributed by atoms with Gasteiger partial charge >= 0.3 is 0 Å². The molecule has 0 saturated heterocycles. The third-order valence-electron chi connectivity index (χ3n) is 1.94. The molecule has 1 unspecified atom stereocenters. The second kappa shape index (κ2) is 2.31. The monoisotopic (exact) mass is 155 g/mol. The van der Waals surface area contributed by atoms with Gasteiger partial charge in [-0.2, -0.15) is 0 Å². The van der Waals surface area contributed by atoms with Crippen LogP contribution in [0.1, 0.15) is 25.7 Å². The standard InChI is InChI=1S/C7H9NOS/c9-10-5-8-6-3-1-2-4-7(6)10/h5H,1-4H2. The Hall–Kier alpha value is -0.440. The van der Waals surface area contributed by atoms with Crippen molar-refractivity contribution in [2.75, 3.05) is 0 Å². The molecule has 54 valence electrons. The fourth-order valence-electron chi connectivity index (χ4n) is 1.39. The molecule has 3 heteroatoms. The van der Waals surface area contributed by atoms with Crippen molar-refractivity contribution in [2.45, 2.75) is 25.7 Å². The fraction of sp³-hybridized carbons (Fsp3) is 0.571. The summed E-state index contributed by atoms with van der Waals surface area (Å²) in [6.45, 7) is 0. The normalized spacial score (nSPS) is 31.0. The van der Waals surface area contributed by atoms with Crippen molar-refractivity contribution < 1.29 is 4.21 Å². The van der Waals surface area contributed by atoms with Gasteiger partial charge in [0.15, 0.2) is 0 Å². The van der Waals surface area contributed by atoms with E-state index in [1.807, 2.05) is 0 Å². The lowest BCUT2D eigenvalue weighted by Gasteiger charge is -2.09. The van der Waals surface area contributed by atoms with Crippen molar-refractivity contribution in [3.05, 3.63) is 10.6 Å². The minimum Gasteiger partial charge on any atom is -0.251 e. The van der Waals surface area contributed by atoms with E-state index < -0.39 is 10.8 Å². The summed E-state index contributed by atoms with van der Waals surface area (Å²) in [6.07, 6.45) is 4.45. The lowest BCUT2D eigenvalue weighted by molar-refractivity contribution is 0.673. The molecule has 0 bridgehead atoms. The van der Waals surface area contributed by atoms with Crippen molar-refractivity contribution in [3.8, 4) is 0 Å². The molecule has 0 N–H and O–H groups in total. The first-order valence-corrected chi connectivity index (χ1v) is 4.76. The van der Waals surface area contributed by atoms with Gasteiger partial charge < -0.3 is 0 Å². The second-order valence-electron chi connectivity index (χ2n) is 2.61. The molecule has 0 amide bonds. The van der Waals surface area contributed by atoms with E-state index in [1.165, 1.54) is 12.8 Å². The summed E-state index contributed by atoms with van der Waals surface area (Å²) < 4.78 is 11.1. The van der Waals surface area contributed by atoms with Crippen LogP contribution in [0.5, 0.6) is 0 Å². The molecule has 0 spiro atoms. The highest BCUT2D eigenvalue weighted by Gasteiger charge is 2.20. The first-order chi connectivity index (χ1) is 4.88.